The van der Waals surface area contributed by atoms with E-state index in [4.69, 9.17) is 4.42 Å². The van der Waals surface area contributed by atoms with Crippen LogP contribution in [0.3, 0.4) is 0 Å². The molecule has 5 nitrogen and oxygen atoms in total. The molecule has 0 aliphatic heterocycles. The molecule has 1 aromatic carbocycles. The van der Waals surface area contributed by atoms with Crippen molar-refractivity contribution >= 4 is 11.8 Å². The summed E-state index contributed by atoms with van der Waals surface area (Å²) in [6, 6.07) is 8.27. The van der Waals surface area contributed by atoms with Gasteiger partial charge in [-0.05, 0) is 36.1 Å². The maximum Gasteiger partial charge on any atom is 0.277 e. The van der Waals surface area contributed by atoms with Crippen molar-refractivity contribution in [2.24, 2.45) is 7.05 Å². The van der Waals surface area contributed by atoms with E-state index in [0.29, 0.717) is 17.0 Å². The van der Waals surface area contributed by atoms with Crippen LogP contribution in [0.25, 0.3) is 11.5 Å². The Morgan fingerprint density at radius 2 is 1.91 bits per heavy atom. The van der Waals surface area contributed by atoms with Crippen molar-refractivity contribution in [3.63, 3.8) is 0 Å². The van der Waals surface area contributed by atoms with Gasteiger partial charge < -0.3 is 4.42 Å². The van der Waals surface area contributed by atoms with Gasteiger partial charge in [-0.25, -0.2) is 0 Å². The van der Waals surface area contributed by atoms with Crippen LogP contribution < -0.4 is 0 Å². The Balaban J connectivity index is 1.70. The first kappa shape index (κ1) is 15.8. The molecule has 3 aromatic rings. The highest BCUT2D eigenvalue weighted by molar-refractivity contribution is 7.98. The van der Waals surface area contributed by atoms with Gasteiger partial charge in [0.05, 0.1) is 11.9 Å². The minimum absolute atomic E-state index is 0.514. The highest BCUT2D eigenvalue weighted by Crippen LogP contribution is 2.27. The number of aromatic nitrogens is 4. The van der Waals surface area contributed by atoms with Gasteiger partial charge >= 0.3 is 0 Å². The molecule has 0 radical (unpaired) electrons. The Morgan fingerprint density at radius 1 is 1.17 bits per heavy atom. The molecule has 2 aromatic heterocycles. The third-order valence-electron chi connectivity index (χ3n) is 3.83. The summed E-state index contributed by atoms with van der Waals surface area (Å²) in [7, 11) is 1.94. The molecule has 0 saturated carbocycles. The Bertz CT molecular complexity index is 770. The van der Waals surface area contributed by atoms with Crippen LogP contribution in [0.4, 0.5) is 0 Å². The predicted molar refractivity (Wildman–Crippen MR) is 91.3 cm³/mol. The van der Waals surface area contributed by atoms with Gasteiger partial charge in [-0.15, -0.1) is 10.2 Å². The Morgan fingerprint density at radius 3 is 2.52 bits per heavy atom. The average Bonchev–Trinajstić information content (AvgIpc) is 3.13. The van der Waals surface area contributed by atoms with Crippen molar-refractivity contribution in [3.05, 3.63) is 47.3 Å². The number of benzene rings is 1. The SMILES string of the molecule is Cc1cnn(C)c1CSc1nnc(-c2ccc(C(C)C)cc2)o1. The molecule has 0 fully saturated rings. The Kier molecular flexibility index (Phi) is 4.52. The van der Waals surface area contributed by atoms with Crippen LogP contribution in [-0.4, -0.2) is 20.0 Å². The van der Waals surface area contributed by atoms with E-state index in [1.54, 1.807) is 0 Å². The summed E-state index contributed by atoms with van der Waals surface area (Å²) >= 11 is 1.53. The normalized spacial score (nSPS) is 11.3. The van der Waals surface area contributed by atoms with Gasteiger partial charge in [0, 0.05) is 18.4 Å². The quantitative estimate of drug-likeness (QED) is 0.657. The molecule has 3 rings (SSSR count). The minimum atomic E-state index is 0.514. The van der Waals surface area contributed by atoms with Gasteiger partial charge in [-0.3, -0.25) is 4.68 Å². The van der Waals surface area contributed by atoms with Gasteiger partial charge in [-0.2, -0.15) is 5.10 Å². The number of hydrogen-bond donors (Lipinski definition) is 0. The van der Waals surface area contributed by atoms with Crippen LogP contribution in [-0.2, 0) is 12.8 Å². The van der Waals surface area contributed by atoms with Gasteiger partial charge in [-0.1, -0.05) is 37.7 Å². The number of nitrogens with zero attached hydrogens (tertiary/aromatic N) is 4. The molecule has 2 heterocycles. The van der Waals surface area contributed by atoms with Crippen LogP contribution in [0.1, 0.15) is 36.6 Å². The van der Waals surface area contributed by atoms with Crippen molar-refractivity contribution in [2.75, 3.05) is 0 Å². The second-order valence-corrected chi connectivity index (χ2v) is 6.76. The molecule has 0 bridgehead atoms. The summed E-state index contributed by atoms with van der Waals surface area (Å²) in [5.41, 5.74) is 4.58. The van der Waals surface area contributed by atoms with Gasteiger partial charge in [0.15, 0.2) is 0 Å². The lowest BCUT2D eigenvalue weighted by atomic mass is 10.0. The third-order valence-corrected chi connectivity index (χ3v) is 4.66. The van der Waals surface area contributed by atoms with Crippen molar-refractivity contribution in [3.8, 4) is 11.5 Å². The van der Waals surface area contributed by atoms with E-state index in [-0.39, 0.29) is 0 Å². The first-order chi connectivity index (χ1) is 11.0. The second-order valence-electron chi connectivity index (χ2n) is 5.84. The highest BCUT2D eigenvalue weighted by Gasteiger charge is 2.12. The fourth-order valence-electron chi connectivity index (χ4n) is 2.31. The summed E-state index contributed by atoms with van der Waals surface area (Å²) in [5.74, 6) is 1.83. The Labute approximate surface area is 140 Å². The van der Waals surface area contributed by atoms with Crippen molar-refractivity contribution in [1.82, 2.24) is 20.0 Å². The molecule has 0 unspecified atom stereocenters. The molecule has 120 valence electrons. The van der Waals surface area contributed by atoms with Crippen molar-refractivity contribution < 1.29 is 4.42 Å². The average molecular weight is 328 g/mol. The van der Waals surface area contributed by atoms with E-state index in [9.17, 15) is 0 Å². The van der Waals surface area contributed by atoms with Crippen LogP contribution in [0.2, 0.25) is 0 Å². The van der Waals surface area contributed by atoms with Gasteiger partial charge in [0.25, 0.3) is 5.22 Å². The molecule has 23 heavy (non-hydrogen) atoms. The minimum Gasteiger partial charge on any atom is -0.411 e. The standard InChI is InChI=1S/C17H20N4OS/c1-11(2)13-5-7-14(8-6-13)16-19-20-17(22-16)23-10-15-12(3)9-18-21(15)4/h5-9,11H,10H2,1-4H3. The van der Waals surface area contributed by atoms with Gasteiger partial charge in [0.2, 0.25) is 5.89 Å². The zero-order chi connectivity index (χ0) is 16.4. The fraction of sp³-hybridized carbons (Fsp3) is 0.353. The number of thioether (sulfide) groups is 1. The second kappa shape index (κ2) is 6.58. The molecular weight excluding hydrogens is 308 g/mol. The summed E-state index contributed by atoms with van der Waals surface area (Å²) in [4.78, 5) is 0. The molecule has 0 N–H and O–H groups in total. The van der Waals surface area contributed by atoms with Crippen LogP contribution in [0.15, 0.2) is 40.1 Å². The molecule has 0 aliphatic rings. The Hall–Kier alpha value is -2.08. The number of aryl methyl sites for hydroxylation is 2. The van der Waals surface area contributed by atoms with E-state index < -0.39 is 0 Å². The van der Waals surface area contributed by atoms with Crippen molar-refractivity contribution in [1.29, 1.82) is 0 Å². The number of rotatable bonds is 5. The summed E-state index contributed by atoms with van der Waals surface area (Å²) in [5, 5.41) is 13.1. The molecule has 6 heteroatoms. The molecule has 0 spiro atoms. The summed E-state index contributed by atoms with van der Waals surface area (Å²) < 4.78 is 7.64. The first-order valence-electron chi connectivity index (χ1n) is 7.58. The lowest BCUT2D eigenvalue weighted by Crippen LogP contribution is -1.97. The predicted octanol–water partition coefficient (Wildman–Crippen LogP) is 4.19. The molecule has 0 aliphatic carbocycles. The molecular formula is C17H20N4OS. The van der Waals surface area contributed by atoms with E-state index in [1.165, 1.54) is 22.9 Å². The topological polar surface area (TPSA) is 56.7 Å². The molecule has 0 saturated heterocycles. The summed E-state index contributed by atoms with van der Waals surface area (Å²) in [6.45, 7) is 6.41. The third kappa shape index (κ3) is 3.47. The van der Waals surface area contributed by atoms with E-state index in [1.807, 2.05) is 30.1 Å². The first-order valence-corrected chi connectivity index (χ1v) is 8.57. The summed E-state index contributed by atoms with van der Waals surface area (Å²) in [6.07, 6.45) is 1.87. The smallest absolute Gasteiger partial charge is 0.277 e. The molecule has 0 amide bonds. The van der Waals surface area contributed by atoms with Crippen molar-refractivity contribution in [2.45, 2.75) is 37.7 Å². The van der Waals surface area contributed by atoms with Crippen LogP contribution >= 0.6 is 11.8 Å². The lowest BCUT2D eigenvalue weighted by Gasteiger charge is -2.04. The van der Waals surface area contributed by atoms with E-state index >= 15 is 0 Å². The zero-order valence-electron chi connectivity index (χ0n) is 13.8. The monoisotopic (exact) mass is 328 g/mol. The largest absolute Gasteiger partial charge is 0.411 e. The maximum absolute atomic E-state index is 5.76. The maximum atomic E-state index is 5.76. The van der Waals surface area contributed by atoms with Crippen LogP contribution in [0, 0.1) is 6.92 Å². The molecule has 0 atom stereocenters. The van der Waals surface area contributed by atoms with Crippen LogP contribution in [0.5, 0.6) is 0 Å². The van der Waals surface area contributed by atoms with E-state index in [2.05, 4.69) is 48.2 Å². The number of hydrogen-bond acceptors (Lipinski definition) is 5. The van der Waals surface area contributed by atoms with Gasteiger partial charge in [0.1, 0.15) is 0 Å². The highest BCUT2D eigenvalue weighted by atomic mass is 32.2. The zero-order valence-corrected chi connectivity index (χ0v) is 14.6. The lowest BCUT2D eigenvalue weighted by molar-refractivity contribution is 0.465. The fourth-order valence-corrected chi connectivity index (χ4v) is 3.22. The van der Waals surface area contributed by atoms with E-state index in [0.717, 1.165) is 17.0 Å².